The van der Waals surface area contributed by atoms with E-state index in [0.29, 0.717) is 5.92 Å². The van der Waals surface area contributed by atoms with Gasteiger partial charge in [0.2, 0.25) is 0 Å². The average Bonchev–Trinajstić information content (AvgIpc) is 3.22. The first kappa shape index (κ1) is 12.0. The summed E-state index contributed by atoms with van der Waals surface area (Å²) in [5.74, 6) is 1.57. The molecular weight excluding hydrogens is 254 g/mol. The van der Waals surface area contributed by atoms with Gasteiger partial charge < -0.3 is 5.32 Å². The predicted molar refractivity (Wildman–Crippen MR) is 85.7 cm³/mol. The van der Waals surface area contributed by atoms with Crippen molar-refractivity contribution >= 4 is 0 Å². The third-order valence-corrected chi connectivity index (χ3v) is 5.81. The van der Waals surface area contributed by atoms with Crippen LogP contribution in [0.4, 0.5) is 0 Å². The second-order valence-electron chi connectivity index (χ2n) is 7.09. The van der Waals surface area contributed by atoms with E-state index in [4.69, 9.17) is 0 Å². The lowest BCUT2D eigenvalue weighted by Crippen LogP contribution is -2.37. The zero-order valence-electron chi connectivity index (χ0n) is 12.3. The minimum atomic E-state index is 0.229. The van der Waals surface area contributed by atoms with Crippen molar-refractivity contribution in [3.63, 3.8) is 0 Å². The first-order valence-electron chi connectivity index (χ1n) is 8.28. The Morgan fingerprint density at radius 3 is 2.14 bits per heavy atom. The molecule has 0 unspecified atom stereocenters. The Labute approximate surface area is 126 Å². The molecule has 0 aliphatic heterocycles. The van der Waals surface area contributed by atoms with Crippen LogP contribution in [0.5, 0.6) is 0 Å². The molecule has 0 radical (unpaired) electrons. The van der Waals surface area contributed by atoms with Crippen molar-refractivity contribution in [1.29, 1.82) is 0 Å². The molecule has 3 aliphatic rings. The summed E-state index contributed by atoms with van der Waals surface area (Å²) in [4.78, 5) is 0. The minimum Gasteiger partial charge on any atom is -0.315 e. The van der Waals surface area contributed by atoms with Gasteiger partial charge in [-0.2, -0.15) is 0 Å². The quantitative estimate of drug-likeness (QED) is 0.894. The molecule has 1 nitrogen and oxygen atoms in total. The normalized spacial score (nSPS) is 28.5. The van der Waals surface area contributed by atoms with Gasteiger partial charge in [0.15, 0.2) is 0 Å². The average molecular weight is 275 g/mol. The zero-order valence-corrected chi connectivity index (χ0v) is 12.3. The Bertz CT molecular complexity index is 651. The van der Waals surface area contributed by atoms with Gasteiger partial charge in [-0.25, -0.2) is 0 Å². The largest absolute Gasteiger partial charge is 0.315 e. The van der Waals surface area contributed by atoms with Gasteiger partial charge in [-0.15, -0.1) is 0 Å². The highest BCUT2D eigenvalue weighted by Gasteiger charge is 2.52. The summed E-state index contributed by atoms with van der Waals surface area (Å²) in [6.45, 7) is 2.31. The molecule has 5 rings (SSSR count). The van der Waals surface area contributed by atoms with E-state index in [0.717, 1.165) is 12.5 Å². The third-order valence-electron chi connectivity index (χ3n) is 5.81. The Morgan fingerprint density at radius 1 is 0.905 bits per heavy atom. The summed E-state index contributed by atoms with van der Waals surface area (Å²) in [6, 6.07) is 18.3. The van der Waals surface area contributed by atoms with Gasteiger partial charge >= 0.3 is 0 Å². The molecule has 21 heavy (non-hydrogen) atoms. The topological polar surface area (TPSA) is 12.0 Å². The summed E-state index contributed by atoms with van der Waals surface area (Å²) < 4.78 is 0. The van der Waals surface area contributed by atoms with Crippen molar-refractivity contribution < 1.29 is 0 Å². The fraction of sp³-hybridized carbons (Fsp3) is 0.400. The summed E-state index contributed by atoms with van der Waals surface area (Å²) >= 11 is 0. The van der Waals surface area contributed by atoms with E-state index >= 15 is 0 Å². The Balaban J connectivity index is 1.59. The monoisotopic (exact) mass is 275 g/mol. The lowest BCUT2D eigenvalue weighted by atomic mass is 9.75. The highest BCUT2D eigenvalue weighted by Crippen LogP contribution is 2.59. The Morgan fingerprint density at radius 2 is 1.52 bits per heavy atom. The highest BCUT2D eigenvalue weighted by atomic mass is 14.9. The van der Waals surface area contributed by atoms with Gasteiger partial charge in [-0.3, -0.25) is 0 Å². The molecule has 3 aliphatic carbocycles. The van der Waals surface area contributed by atoms with E-state index in [9.17, 15) is 0 Å². The molecule has 1 fully saturated rings. The van der Waals surface area contributed by atoms with Crippen molar-refractivity contribution in [1.82, 2.24) is 5.32 Å². The van der Waals surface area contributed by atoms with Gasteiger partial charge in [-0.1, -0.05) is 48.5 Å². The Kier molecular flexibility index (Phi) is 2.40. The van der Waals surface area contributed by atoms with Crippen LogP contribution in [0.2, 0.25) is 0 Å². The van der Waals surface area contributed by atoms with Crippen molar-refractivity contribution in [3.8, 4) is 0 Å². The van der Waals surface area contributed by atoms with Gasteiger partial charge in [0, 0.05) is 17.9 Å². The van der Waals surface area contributed by atoms with Crippen LogP contribution >= 0.6 is 0 Å². The second-order valence-corrected chi connectivity index (χ2v) is 7.09. The molecule has 1 saturated carbocycles. The first-order chi connectivity index (χ1) is 10.4. The maximum Gasteiger partial charge on any atom is 0.0342 e. The van der Waals surface area contributed by atoms with E-state index in [-0.39, 0.29) is 5.41 Å². The lowest BCUT2D eigenvalue weighted by Gasteiger charge is -2.31. The van der Waals surface area contributed by atoms with Crippen LogP contribution in [-0.4, -0.2) is 13.1 Å². The van der Waals surface area contributed by atoms with Crippen LogP contribution in [0.15, 0.2) is 48.5 Å². The van der Waals surface area contributed by atoms with Crippen molar-refractivity contribution in [3.05, 3.63) is 70.8 Å². The van der Waals surface area contributed by atoms with Crippen LogP contribution in [0.25, 0.3) is 0 Å². The molecule has 1 N–H and O–H groups in total. The molecule has 0 atom stereocenters. The molecule has 0 spiro atoms. The molecule has 2 bridgehead atoms. The predicted octanol–water partition coefficient (Wildman–Crippen LogP) is 3.82. The minimum absolute atomic E-state index is 0.229. The zero-order chi connectivity index (χ0) is 13.9. The van der Waals surface area contributed by atoms with Crippen LogP contribution < -0.4 is 5.32 Å². The number of nitrogens with one attached hydrogen (secondary N) is 1. The molecule has 0 aromatic heterocycles. The maximum absolute atomic E-state index is 3.79. The summed E-state index contributed by atoms with van der Waals surface area (Å²) in [5, 5.41) is 3.79. The summed E-state index contributed by atoms with van der Waals surface area (Å²) in [7, 11) is 0. The van der Waals surface area contributed by atoms with E-state index in [1.54, 1.807) is 22.3 Å². The summed E-state index contributed by atoms with van der Waals surface area (Å²) in [5.41, 5.74) is 6.54. The number of hydrogen-bond donors (Lipinski definition) is 1. The van der Waals surface area contributed by atoms with Crippen molar-refractivity contribution in [2.45, 2.75) is 30.6 Å². The van der Waals surface area contributed by atoms with E-state index in [1.807, 2.05) is 0 Å². The number of hydrogen-bond acceptors (Lipinski definition) is 1. The summed E-state index contributed by atoms with van der Waals surface area (Å²) in [6.07, 6.45) is 4.12. The number of rotatable bonds is 4. The molecule has 0 amide bonds. The van der Waals surface area contributed by atoms with Crippen LogP contribution in [0, 0.1) is 5.92 Å². The fourth-order valence-electron chi connectivity index (χ4n) is 4.65. The van der Waals surface area contributed by atoms with Gasteiger partial charge in [0.1, 0.15) is 0 Å². The molecular formula is C20H21N. The van der Waals surface area contributed by atoms with E-state index in [2.05, 4.69) is 53.8 Å². The Hall–Kier alpha value is -1.60. The molecule has 0 saturated heterocycles. The van der Waals surface area contributed by atoms with E-state index in [1.165, 1.54) is 25.8 Å². The molecule has 2 aromatic rings. The second kappa shape index (κ2) is 4.20. The van der Waals surface area contributed by atoms with E-state index < -0.39 is 0 Å². The molecule has 1 heteroatoms. The number of benzene rings is 2. The number of fused-ring (bicyclic) bond motifs is 8. The first-order valence-corrected chi connectivity index (χ1v) is 8.28. The molecule has 106 valence electrons. The van der Waals surface area contributed by atoms with Crippen molar-refractivity contribution in [2.75, 3.05) is 13.1 Å². The van der Waals surface area contributed by atoms with Gasteiger partial charge in [-0.05, 0) is 54.0 Å². The molecule has 2 aromatic carbocycles. The lowest BCUT2D eigenvalue weighted by molar-refractivity contribution is 0.469. The van der Waals surface area contributed by atoms with Crippen LogP contribution in [0.1, 0.15) is 47.4 Å². The standard InChI is InChI=1S/C20H21N/c1-3-7-18-15(5-1)17-11-20(18,13-21-12-14-9-10-14)19-8-4-2-6-16(17)19/h1-8,14,17,21H,9-13H2. The smallest absolute Gasteiger partial charge is 0.0342 e. The van der Waals surface area contributed by atoms with Crippen LogP contribution in [0.3, 0.4) is 0 Å². The van der Waals surface area contributed by atoms with Gasteiger partial charge in [0.25, 0.3) is 0 Å². The van der Waals surface area contributed by atoms with Crippen molar-refractivity contribution in [2.24, 2.45) is 5.92 Å². The third kappa shape index (κ3) is 1.61. The fourth-order valence-corrected chi connectivity index (χ4v) is 4.65. The SMILES string of the molecule is c1ccc2c(c1)C1CC2(CNCC2CC2)c2ccccc21. The van der Waals surface area contributed by atoms with Crippen LogP contribution in [-0.2, 0) is 5.41 Å². The van der Waals surface area contributed by atoms with Gasteiger partial charge in [0.05, 0.1) is 0 Å². The maximum atomic E-state index is 3.79. The molecule has 0 heterocycles. The highest BCUT2D eigenvalue weighted by molar-refractivity contribution is 5.62.